The van der Waals surface area contributed by atoms with Gasteiger partial charge in [-0.3, -0.25) is 25.0 Å². The summed E-state index contributed by atoms with van der Waals surface area (Å²) in [5.41, 5.74) is 5.15. The Balaban J connectivity index is 3.85. The molecule has 250 valence electrons. The van der Waals surface area contributed by atoms with Crippen LogP contribution in [0.3, 0.4) is 0 Å². The van der Waals surface area contributed by atoms with E-state index < -0.39 is 42.8 Å². The molecule has 1 amide bonds. The van der Waals surface area contributed by atoms with Crippen molar-refractivity contribution in [2.75, 3.05) is 13.1 Å². The number of nitrogens with zero attached hydrogens (tertiary/aromatic N) is 1. The van der Waals surface area contributed by atoms with Gasteiger partial charge in [-0.2, -0.15) is 0 Å². The third kappa shape index (κ3) is 24.1. The highest BCUT2D eigenvalue weighted by molar-refractivity contribution is 5.89. The summed E-state index contributed by atoms with van der Waals surface area (Å²) in [5.74, 6) is -2.62. The fourth-order valence-electron chi connectivity index (χ4n) is 4.01. The number of carboxylic acid groups (broad SMARTS) is 1. The zero-order valence-electron chi connectivity index (χ0n) is 25.5. The Bertz CT molecular complexity index is 952. The van der Waals surface area contributed by atoms with E-state index in [1.165, 1.54) is 0 Å². The number of amides is 1. The quantitative estimate of drug-likeness (QED) is 0.0169. The van der Waals surface area contributed by atoms with Crippen LogP contribution in [0, 0.1) is 5.41 Å². The fourth-order valence-corrected chi connectivity index (χ4v) is 4.01. The summed E-state index contributed by atoms with van der Waals surface area (Å²) >= 11 is 0. The molecule has 0 aromatic carbocycles. The second kappa shape index (κ2) is 26.1. The lowest BCUT2D eigenvalue weighted by molar-refractivity contribution is -0.142. The molecule has 0 saturated heterocycles. The number of aliphatic hydroxyl groups is 4. The number of carbonyl (C=O) groups is 3. The molecular formula is C31H52N4O9. The Morgan fingerprint density at radius 2 is 1.39 bits per heavy atom. The molecule has 0 aromatic rings. The molecule has 0 heterocycles. The summed E-state index contributed by atoms with van der Waals surface area (Å²) in [6.45, 7) is -0.354. The SMILES string of the molecule is N=C(N)N(O)CCCCC/C=C/C=C/C(=O)CCC/C=C/C=C/CCCC[C@H](O)C[C@H](O)C[C@H](O)[C@@H](O)C(=O)NCC(=O)O. The van der Waals surface area contributed by atoms with Crippen LogP contribution in [-0.4, -0.2) is 96.9 Å². The number of nitrogens with two attached hydrogens (primary N) is 1. The van der Waals surface area contributed by atoms with Crippen LogP contribution in [-0.2, 0) is 14.4 Å². The van der Waals surface area contributed by atoms with Gasteiger partial charge >= 0.3 is 5.97 Å². The maximum atomic E-state index is 11.9. The Morgan fingerprint density at radius 1 is 0.795 bits per heavy atom. The smallest absolute Gasteiger partial charge is 0.322 e. The number of aliphatic carboxylic acids is 1. The molecule has 13 heteroatoms. The van der Waals surface area contributed by atoms with E-state index >= 15 is 0 Å². The van der Waals surface area contributed by atoms with Gasteiger partial charge in [-0.25, -0.2) is 5.06 Å². The van der Waals surface area contributed by atoms with E-state index in [0.717, 1.165) is 62.9 Å². The third-order valence-corrected chi connectivity index (χ3v) is 6.49. The van der Waals surface area contributed by atoms with Gasteiger partial charge in [-0.15, -0.1) is 0 Å². The van der Waals surface area contributed by atoms with E-state index in [0.29, 0.717) is 19.4 Å². The predicted octanol–water partition coefficient (Wildman–Crippen LogP) is 2.08. The van der Waals surface area contributed by atoms with Crippen molar-refractivity contribution in [3.63, 3.8) is 0 Å². The second-order valence-electron chi connectivity index (χ2n) is 10.5. The van der Waals surface area contributed by atoms with Crippen LogP contribution in [0.15, 0.2) is 48.6 Å². The Morgan fingerprint density at radius 3 is 2.00 bits per heavy atom. The van der Waals surface area contributed by atoms with Crippen LogP contribution in [0.25, 0.3) is 0 Å². The van der Waals surface area contributed by atoms with Gasteiger partial charge in [0.05, 0.1) is 18.3 Å². The molecule has 0 aliphatic carbocycles. The van der Waals surface area contributed by atoms with E-state index in [1.54, 1.807) is 12.2 Å². The Hall–Kier alpha value is -3.36. The van der Waals surface area contributed by atoms with E-state index in [-0.39, 0.29) is 24.6 Å². The minimum absolute atomic E-state index is 0.0231. The number of carboxylic acids is 1. The molecule has 44 heavy (non-hydrogen) atoms. The number of ketones is 1. The monoisotopic (exact) mass is 624 g/mol. The lowest BCUT2D eigenvalue weighted by Gasteiger charge is -2.21. The van der Waals surface area contributed by atoms with Crippen molar-refractivity contribution < 1.29 is 45.1 Å². The molecule has 0 aromatic heterocycles. The van der Waals surface area contributed by atoms with Crippen LogP contribution in [0.4, 0.5) is 0 Å². The molecule has 0 bridgehead atoms. The van der Waals surface area contributed by atoms with Crippen molar-refractivity contribution in [2.24, 2.45) is 5.73 Å². The van der Waals surface area contributed by atoms with Gasteiger partial charge in [-0.05, 0) is 63.9 Å². The van der Waals surface area contributed by atoms with Crippen LogP contribution in [0.1, 0.15) is 83.5 Å². The average molecular weight is 625 g/mol. The maximum absolute atomic E-state index is 11.9. The molecule has 0 unspecified atom stereocenters. The van der Waals surface area contributed by atoms with Gasteiger partial charge in [0.1, 0.15) is 6.54 Å². The highest BCUT2D eigenvalue weighted by Crippen LogP contribution is 2.14. The van der Waals surface area contributed by atoms with E-state index in [4.69, 9.17) is 16.2 Å². The molecule has 0 saturated carbocycles. The number of aliphatic hydroxyl groups excluding tert-OH is 4. The molecule has 0 aliphatic rings. The molecule has 0 aliphatic heterocycles. The molecule has 4 atom stereocenters. The van der Waals surface area contributed by atoms with Gasteiger partial charge in [0.25, 0.3) is 5.91 Å². The molecule has 10 N–H and O–H groups in total. The summed E-state index contributed by atoms with van der Waals surface area (Å²) in [6.07, 6.45) is 17.6. The Labute approximate surface area is 259 Å². The summed E-state index contributed by atoms with van der Waals surface area (Å²) < 4.78 is 0. The molecule has 0 rings (SSSR count). The molecule has 13 nitrogen and oxygen atoms in total. The molecular weight excluding hydrogens is 572 g/mol. The number of nitrogens with one attached hydrogen (secondary N) is 2. The number of hydroxylamine groups is 2. The van der Waals surface area contributed by atoms with Gasteiger partial charge < -0.3 is 36.6 Å². The summed E-state index contributed by atoms with van der Waals surface area (Å²) in [4.78, 5) is 33.9. The highest BCUT2D eigenvalue weighted by Gasteiger charge is 2.27. The zero-order chi connectivity index (χ0) is 33.2. The lowest BCUT2D eigenvalue weighted by Crippen LogP contribution is -2.45. The normalized spacial score (nSPS) is 14.8. The molecule has 0 spiro atoms. The van der Waals surface area contributed by atoms with Crippen LogP contribution in [0.2, 0.25) is 0 Å². The van der Waals surface area contributed by atoms with Crippen molar-refractivity contribution in [1.29, 1.82) is 5.41 Å². The van der Waals surface area contributed by atoms with Gasteiger partial charge in [0.15, 0.2) is 11.9 Å². The average Bonchev–Trinajstić information content (AvgIpc) is 2.96. The van der Waals surface area contributed by atoms with Crippen LogP contribution < -0.4 is 11.1 Å². The van der Waals surface area contributed by atoms with Crippen molar-refractivity contribution >= 4 is 23.6 Å². The highest BCUT2D eigenvalue weighted by atomic mass is 16.5. The minimum atomic E-state index is -1.88. The topological polar surface area (TPSA) is 238 Å². The number of hydrogen-bond donors (Lipinski definition) is 9. The van der Waals surface area contributed by atoms with E-state index in [1.807, 2.05) is 41.8 Å². The summed E-state index contributed by atoms with van der Waals surface area (Å²) in [5, 5.41) is 67.3. The zero-order valence-corrected chi connectivity index (χ0v) is 25.5. The fraction of sp³-hybridized carbons (Fsp3) is 0.613. The van der Waals surface area contributed by atoms with E-state index in [9.17, 15) is 40.0 Å². The largest absolute Gasteiger partial charge is 0.480 e. The number of rotatable bonds is 26. The summed E-state index contributed by atoms with van der Waals surface area (Å²) in [7, 11) is 0. The first kappa shape index (κ1) is 40.6. The van der Waals surface area contributed by atoms with Crippen molar-refractivity contribution in [1.82, 2.24) is 10.4 Å². The standard InChI is InChI=1S/C31H52N4O9/c32-31(33)35(44)20-16-12-8-4-7-10-14-18-24(36)17-13-9-5-2-1-3-6-11-15-19-25(37)21-26(38)22-27(39)29(42)30(43)34-23-28(40)41/h1-3,5,7,10,14,18,25-27,29,37-39,42,44H,4,6,8-9,11-13,15-17,19-23H2,(H3,32,33)(H,34,43)(H,40,41)/b3-1+,5-2+,10-7+,18-14+/t25-,26-,27-,29+/m0/s1. The summed E-state index contributed by atoms with van der Waals surface area (Å²) in [6, 6.07) is 0. The number of guanidine groups is 1. The third-order valence-electron chi connectivity index (χ3n) is 6.49. The maximum Gasteiger partial charge on any atom is 0.322 e. The number of unbranched alkanes of at least 4 members (excludes halogenated alkanes) is 6. The van der Waals surface area contributed by atoms with Gasteiger partial charge in [0, 0.05) is 19.4 Å². The number of hydrogen-bond acceptors (Lipinski definition) is 9. The number of allylic oxidation sites excluding steroid dienone is 8. The first-order chi connectivity index (χ1) is 20.9. The van der Waals surface area contributed by atoms with Crippen LogP contribution in [0.5, 0.6) is 0 Å². The first-order valence-electron chi connectivity index (χ1n) is 15.1. The Kier molecular flexibility index (Phi) is 24.1. The molecule has 0 fully saturated rings. The second-order valence-corrected chi connectivity index (χ2v) is 10.5. The first-order valence-corrected chi connectivity index (χ1v) is 15.1. The lowest BCUT2D eigenvalue weighted by atomic mass is 9.99. The van der Waals surface area contributed by atoms with Crippen molar-refractivity contribution in [3.8, 4) is 0 Å². The predicted molar refractivity (Wildman–Crippen MR) is 167 cm³/mol. The minimum Gasteiger partial charge on any atom is -0.480 e. The van der Waals surface area contributed by atoms with Crippen molar-refractivity contribution in [3.05, 3.63) is 48.6 Å². The molecule has 0 radical (unpaired) electrons. The van der Waals surface area contributed by atoms with Crippen LogP contribution >= 0.6 is 0 Å². The number of carbonyl (C=O) groups excluding carboxylic acids is 2. The van der Waals surface area contributed by atoms with E-state index in [2.05, 4.69) is 0 Å². The van der Waals surface area contributed by atoms with Gasteiger partial charge in [0.2, 0.25) is 5.96 Å². The van der Waals surface area contributed by atoms with Crippen molar-refractivity contribution in [2.45, 2.75) is 108 Å². The van der Waals surface area contributed by atoms with Gasteiger partial charge in [-0.1, -0.05) is 55.4 Å².